The van der Waals surface area contributed by atoms with E-state index in [0.29, 0.717) is 17.0 Å². The molecule has 4 aromatic rings. The Bertz CT molecular complexity index is 1590. The largest absolute Gasteiger partial charge is 0.507 e. The quantitative estimate of drug-likeness (QED) is 0.168. The van der Waals surface area contributed by atoms with Crippen LogP contribution in [0.15, 0.2) is 96.6 Å². The zero-order chi connectivity index (χ0) is 27.9. The van der Waals surface area contributed by atoms with Gasteiger partial charge in [0.2, 0.25) is 0 Å². The van der Waals surface area contributed by atoms with Crippen LogP contribution >= 0.6 is 0 Å². The Morgan fingerprint density at radius 3 is 2.23 bits per heavy atom. The van der Waals surface area contributed by atoms with Crippen LogP contribution in [-0.2, 0) is 15.0 Å². The van der Waals surface area contributed by atoms with Crippen LogP contribution in [0.25, 0.3) is 16.5 Å². The van der Waals surface area contributed by atoms with Gasteiger partial charge in [0.15, 0.2) is 0 Å². The van der Waals surface area contributed by atoms with E-state index in [2.05, 4.69) is 20.8 Å². The number of aliphatic hydroxyl groups excluding tert-OH is 1. The fourth-order valence-corrected chi connectivity index (χ4v) is 5.12. The molecule has 0 saturated carbocycles. The van der Waals surface area contributed by atoms with Gasteiger partial charge in [0, 0.05) is 10.9 Å². The molecule has 0 radical (unpaired) electrons. The van der Waals surface area contributed by atoms with Crippen molar-refractivity contribution in [1.82, 2.24) is 0 Å². The molecule has 0 aliphatic carbocycles. The first kappa shape index (κ1) is 26.2. The predicted molar refractivity (Wildman–Crippen MR) is 156 cm³/mol. The topological polar surface area (TPSA) is 66.8 Å². The van der Waals surface area contributed by atoms with E-state index < -0.39 is 17.7 Å². The molecule has 4 aromatic carbocycles. The van der Waals surface area contributed by atoms with Gasteiger partial charge >= 0.3 is 0 Å². The van der Waals surface area contributed by atoms with Crippen LogP contribution in [0.2, 0.25) is 0 Å². The van der Waals surface area contributed by atoms with Crippen LogP contribution in [0, 0.1) is 0 Å². The minimum Gasteiger partial charge on any atom is -0.507 e. The lowest BCUT2D eigenvalue weighted by Crippen LogP contribution is -2.29. The third-order valence-corrected chi connectivity index (χ3v) is 7.04. The van der Waals surface area contributed by atoms with Gasteiger partial charge < -0.3 is 9.84 Å². The SMILES string of the molecule is CC(C)Oc1cccc(/C(O)=C2\C(=O)C(=O)N(c3cccc4ccccc34)C2c2ccc(C(C)(C)C)cc2)c1. The minimum atomic E-state index is -0.806. The summed E-state index contributed by atoms with van der Waals surface area (Å²) in [7, 11) is 0. The van der Waals surface area contributed by atoms with Crippen LogP contribution in [0.5, 0.6) is 5.75 Å². The molecule has 0 aromatic heterocycles. The summed E-state index contributed by atoms with van der Waals surface area (Å²) < 4.78 is 5.81. The number of ketones is 1. The molecule has 1 heterocycles. The molecule has 5 heteroatoms. The van der Waals surface area contributed by atoms with Crippen LogP contribution in [0.4, 0.5) is 5.69 Å². The molecule has 0 spiro atoms. The van der Waals surface area contributed by atoms with Crippen LogP contribution < -0.4 is 9.64 Å². The van der Waals surface area contributed by atoms with Crippen molar-refractivity contribution in [3.8, 4) is 5.75 Å². The molecule has 1 atom stereocenters. The Morgan fingerprint density at radius 1 is 0.872 bits per heavy atom. The average Bonchev–Trinajstić information content (AvgIpc) is 3.17. The fraction of sp³-hybridized carbons (Fsp3) is 0.235. The van der Waals surface area contributed by atoms with E-state index in [4.69, 9.17) is 4.74 Å². The van der Waals surface area contributed by atoms with Gasteiger partial charge in [-0.2, -0.15) is 0 Å². The molecule has 198 valence electrons. The van der Waals surface area contributed by atoms with Crippen molar-refractivity contribution in [2.45, 2.75) is 52.2 Å². The fourth-order valence-electron chi connectivity index (χ4n) is 5.12. The lowest BCUT2D eigenvalue weighted by atomic mass is 9.85. The highest BCUT2D eigenvalue weighted by molar-refractivity contribution is 6.52. The molecule has 5 nitrogen and oxygen atoms in total. The number of anilines is 1. The van der Waals surface area contributed by atoms with Gasteiger partial charge in [-0.15, -0.1) is 0 Å². The summed E-state index contributed by atoms with van der Waals surface area (Å²) in [6.07, 6.45) is -0.0549. The Hall–Kier alpha value is -4.38. The maximum Gasteiger partial charge on any atom is 0.300 e. The molecule has 1 fully saturated rings. The van der Waals surface area contributed by atoms with E-state index in [-0.39, 0.29) is 22.9 Å². The second-order valence-electron chi connectivity index (χ2n) is 11.2. The molecule has 39 heavy (non-hydrogen) atoms. The van der Waals surface area contributed by atoms with E-state index in [9.17, 15) is 14.7 Å². The minimum absolute atomic E-state index is 0.0538. The Kier molecular flexibility index (Phi) is 6.77. The van der Waals surface area contributed by atoms with E-state index in [1.807, 2.05) is 80.6 Å². The zero-order valence-corrected chi connectivity index (χ0v) is 22.9. The second-order valence-corrected chi connectivity index (χ2v) is 11.2. The molecule has 1 amide bonds. The summed E-state index contributed by atoms with van der Waals surface area (Å²) in [6.45, 7) is 10.2. The van der Waals surface area contributed by atoms with E-state index in [0.717, 1.165) is 21.9 Å². The number of amides is 1. The van der Waals surface area contributed by atoms with Crippen molar-refractivity contribution < 1.29 is 19.4 Å². The van der Waals surface area contributed by atoms with Gasteiger partial charge in [-0.25, -0.2) is 0 Å². The molecule has 1 N–H and O–H groups in total. The van der Waals surface area contributed by atoms with E-state index >= 15 is 0 Å². The summed E-state index contributed by atoms with van der Waals surface area (Å²) in [5.74, 6) is -1.05. The van der Waals surface area contributed by atoms with Crippen LogP contribution in [0.1, 0.15) is 57.4 Å². The zero-order valence-electron chi connectivity index (χ0n) is 22.9. The number of benzene rings is 4. The van der Waals surface area contributed by atoms with Crippen LogP contribution in [-0.4, -0.2) is 22.9 Å². The highest BCUT2D eigenvalue weighted by Gasteiger charge is 2.47. The van der Waals surface area contributed by atoms with Gasteiger partial charge in [0.05, 0.1) is 23.4 Å². The Morgan fingerprint density at radius 2 is 1.54 bits per heavy atom. The molecule has 1 aliphatic heterocycles. The molecular formula is C34H33NO4. The summed E-state index contributed by atoms with van der Waals surface area (Å²) >= 11 is 0. The number of fused-ring (bicyclic) bond motifs is 1. The standard InChI is InChI=1S/C34H33NO4/c1-21(2)39-26-13-8-12-24(20-26)31(36)29-30(23-16-18-25(19-17-23)34(3,4)5)35(33(38)32(29)37)28-15-9-11-22-10-6-7-14-27(22)28/h6-21,30,36H,1-5H3/b31-29+. The number of ether oxygens (including phenoxy) is 1. The predicted octanol–water partition coefficient (Wildman–Crippen LogP) is 7.55. The lowest BCUT2D eigenvalue weighted by molar-refractivity contribution is -0.132. The first-order valence-electron chi connectivity index (χ1n) is 13.2. The number of hydrogen-bond acceptors (Lipinski definition) is 4. The third-order valence-electron chi connectivity index (χ3n) is 7.04. The number of rotatable bonds is 5. The smallest absolute Gasteiger partial charge is 0.300 e. The van der Waals surface area contributed by atoms with Crippen molar-refractivity contribution in [3.05, 3.63) is 113 Å². The number of aliphatic hydroxyl groups is 1. The van der Waals surface area contributed by atoms with Crippen molar-refractivity contribution in [2.24, 2.45) is 0 Å². The first-order valence-corrected chi connectivity index (χ1v) is 13.2. The number of Topliss-reactive ketones (excluding diaryl/α,β-unsaturated/α-hetero) is 1. The van der Waals surface area contributed by atoms with Gasteiger partial charge in [-0.1, -0.05) is 93.6 Å². The highest BCUT2D eigenvalue weighted by Crippen LogP contribution is 2.44. The van der Waals surface area contributed by atoms with Crippen molar-refractivity contribution in [1.29, 1.82) is 0 Å². The van der Waals surface area contributed by atoms with E-state index in [1.54, 1.807) is 24.3 Å². The summed E-state index contributed by atoms with van der Waals surface area (Å²) in [4.78, 5) is 28.9. The number of hydrogen-bond donors (Lipinski definition) is 1. The van der Waals surface area contributed by atoms with Gasteiger partial charge in [-0.3, -0.25) is 14.5 Å². The van der Waals surface area contributed by atoms with Crippen molar-refractivity contribution >= 4 is 33.9 Å². The van der Waals surface area contributed by atoms with Crippen molar-refractivity contribution in [2.75, 3.05) is 4.90 Å². The first-order chi connectivity index (χ1) is 18.6. The maximum atomic E-state index is 13.7. The summed E-state index contributed by atoms with van der Waals surface area (Å²) in [6, 6.07) is 27.6. The summed E-state index contributed by atoms with van der Waals surface area (Å²) in [5.41, 5.74) is 2.90. The highest BCUT2D eigenvalue weighted by atomic mass is 16.5. The second kappa shape index (κ2) is 10.1. The van der Waals surface area contributed by atoms with Gasteiger partial charge in [0.1, 0.15) is 11.5 Å². The molecule has 5 rings (SSSR count). The number of nitrogens with zero attached hydrogens (tertiary/aromatic N) is 1. The molecule has 0 bridgehead atoms. The average molecular weight is 520 g/mol. The lowest BCUT2D eigenvalue weighted by Gasteiger charge is -2.27. The molecular weight excluding hydrogens is 486 g/mol. The van der Waals surface area contributed by atoms with Crippen LogP contribution in [0.3, 0.4) is 0 Å². The normalized spacial score (nSPS) is 17.3. The Labute approximate surface area is 229 Å². The van der Waals surface area contributed by atoms with Gasteiger partial charge in [-0.05, 0) is 54.0 Å². The monoisotopic (exact) mass is 519 g/mol. The number of carbonyl (C=O) groups excluding carboxylic acids is 2. The third kappa shape index (κ3) is 4.92. The number of carbonyl (C=O) groups is 2. The Balaban J connectivity index is 1.73. The van der Waals surface area contributed by atoms with Gasteiger partial charge in [0.25, 0.3) is 11.7 Å². The molecule has 1 aliphatic rings. The maximum absolute atomic E-state index is 13.7. The van der Waals surface area contributed by atoms with E-state index in [1.165, 1.54) is 4.90 Å². The molecule has 1 unspecified atom stereocenters. The van der Waals surface area contributed by atoms with Crippen molar-refractivity contribution in [3.63, 3.8) is 0 Å². The summed E-state index contributed by atoms with van der Waals surface area (Å²) in [5, 5.41) is 13.4. The molecule has 1 saturated heterocycles.